The highest BCUT2D eigenvalue weighted by molar-refractivity contribution is 7.17. The van der Waals surface area contributed by atoms with Crippen LogP contribution < -0.4 is 5.32 Å². The number of likely N-dealkylation sites (tertiary alicyclic amines) is 1. The second-order valence-corrected chi connectivity index (χ2v) is 7.81. The van der Waals surface area contributed by atoms with Gasteiger partial charge in [0.2, 0.25) is 5.91 Å². The van der Waals surface area contributed by atoms with Gasteiger partial charge in [-0.1, -0.05) is 6.07 Å². The van der Waals surface area contributed by atoms with Crippen LogP contribution in [0.2, 0.25) is 0 Å². The number of hydrogen-bond donors (Lipinski definition) is 1. The van der Waals surface area contributed by atoms with Gasteiger partial charge in [-0.3, -0.25) is 14.6 Å². The molecule has 0 saturated carbocycles. The number of hydrogen-bond acceptors (Lipinski definition) is 4. The molecule has 2 amide bonds. The lowest BCUT2D eigenvalue weighted by atomic mass is 9.95. The first-order chi connectivity index (χ1) is 13.1. The zero-order chi connectivity index (χ0) is 18.8. The summed E-state index contributed by atoms with van der Waals surface area (Å²) in [6.07, 6.45) is 3.11. The maximum Gasteiger partial charge on any atom is 0.270 e. The third-order valence-corrected chi connectivity index (χ3v) is 6.06. The van der Waals surface area contributed by atoms with Gasteiger partial charge in [0.25, 0.3) is 5.91 Å². The van der Waals surface area contributed by atoms with Crippen LogP contribution in [0.5, 0.6) is 0 Å². The fourth-order valence-corrected chi connectivity index (χ4v) is 4.44. The molecular weight excluding hydrogens is 360 g/mol. The molecule has 1 aliphatic rings. The van der Waals surface area contributed by atoms with Crippen molar-refractivity contribution in [2.24, 2.45) is 13.0 Å². The van der Waals surface area contributed by atoms with E-state index < -0.39 is 0 Å². The van der Waals surface area contributed by atoms with E-state index in [1.807, 2.05) is 52.2 Å². The second kappa shape index (κ2) is 7.52. The molecule has 0 aliphatic carbocycles. The number of carbonyl (C=O) groups is 2. The summed E-state index contributed by atoms with van der Waals surface area (Å²) >= 11 is 1.64. The van der Waals surface area contributed by atoms with Gasteiger partial charge in [-0.25, -0.2) is 0 Å². The standard InChI is InChI=1S/C20H22N4O2S/c1-23-16-7-11-27-18(16)12-17(23)20(26)24-9-5-14(6-10-24)19(25)22-13-15-4-2-3-8-21-15/h2-4,7-8,11-12,14H,5-6,9-10,13H2,1H3,(H,22,25). The fourth-order valence-electron chi connectivity index (χ4n) is 3.59. The molecule has 3 aromatic rings. The molecule has 0 aromatic carbocycles. The van der Waals surface area contributed by atoms with E-state index in [0.717, 1.165) is 21.6 Å². The highest BCUT2D eigenvalue weighted by Gasteiger charge is 2.29. The molecule has 7 heteroatoms. The Kier molecular flexibility index (Phi) is 4.94. The second-order valence-electron chi connectivity index (χ2n) is 6.86. The van der Waals surface area contributed by atoms with E-state index in [1.165, 1.54) is 0 Å². The molecule has 0 unspecified atom stereocenters. The van der Waals surface area contributed by atoms with Crippen LogP contribution in [0.4, 0.5) is 0 Å². The maximum atomic E-state index is 12.9. The average molecular weight is 382 g/mol. The zero-order valence-corrected chi connectivity index (χ0v) is 16.0. The minimum Gasteiger partial charge on any atom is -0.350 e. The number of fused-ring (bicyclic) bond motifs is 1. The van der Waals surface area contributed by atoms with Gasteiger partial charge in [0.1, 0.15) is 5.69 Å². The summed E-state index contributed by atoms with van der Waals surface area (Å²) in [5.41, 5.74) is 2.66. The number of carbonyl (C=O) groups excluding carboxylic acids is 2. The first-order valence-corrected chi connectivity index (χ1v) is 10.0. The van der Waals surface area contributed by atoms with Gasteiger partial charge in [0.05, 0.1) is 22.5 Å². The molecule has 0 atom stereocenters. The summed E-state index contributed by atoms with van der Waals surface area (Å²) in [5, 5.41) is 5.00. The van der Waals surface area contributed by atoms with E-state index in [-0.39, 0.29) is 17.7 Å². The van der Waals surface area contributed by atoms with Gasteiger partial charge in [0.15, 0.2) is 0 Å². The molecule has 1 fully saturated rings. The van der Waals surface area contributed by atoms with Crippen molar-refractivity contribution in [3.05, 3.63) is 53.3 Å². The molecule has 4 heterocycles. The van der Waals surface area contributed by atoms with Crippen LogP contribution in [0.15, 0.2) is 41.9 Å². The van der Waals surface area contributed by atoms with E-state index in [4.69, 9.17) is 0 Å². The van der Waals surface area contributed by atoms with Crippen LogP contribution in [-0.2, 0) is 18.4 Å². The van der Waals surface area contributed by atoms with Gasteiger partial charge < -0.3 is 14.8 Å². The van der Waals surface area contributed by atoms with Crippen LogP contribution in [0.3, 0.4) is 0 Å². The topological polar surface area (TPSA) is 67.2 Å². The van der Waals surface area contributed by atoms with Crippen molar-refractivity contribution in [3.8, 4) is 0 Å². The van der Waals surface area contributed by atoms with Crippen LogP contribution >= 0.6 is 11.3 Å². The summed E-state index contributed by atoms with van der Waals surface area (Å²) < 4.78 is 3.09. The zero-order valence-electron chi connectivity index (χ0n) is 15.2. The first kappa shape index (κ1) is 17.7. The maximum absolute atomic E-state index is 12.9. The molecule has 0 spiro atoms. The Hall–Kier alpha value is -2.67. The van der Waals surface area contributed by atoms with Crippen LogP contribution in [-0.4, -0.2) is 39.4 Å². The van der Waals surface area contributed by atoms with Gasteiger partial charge >= 0.3 is 0 Å². The highest BCUT2D eigenvalue weighted by atomic mass is 32.1. The summed E-state index contributed by atoms with van der Waals surface area (Å²) in [7, 11) is 1.93. The molecule has 1 saturated heterocycles. The quantitative estimate of drug-likeness (QED) is 0.754. The number of amides is 2. The minimum atomic E-state index is -0.0466. The predicted molar refractivity (Wildman–Crippen MR) is 106 cm³/mol. The molecule has 27 heavy (non-hydrogen) atoms. The summed E-state index contributed by atoms with van der Waals surface area (Å²) in [6.45, 7) is 1.66. The van der Waals surface area contributed by atoms with Crippen molar-refractivity contribution in [1.29, 1.82) is 0 Å². The Bertz CT molecular complexity index is 955. The van der Waals surface area contributed by atoms with E-state index in [2.05, 4.69) is 10.3 Å². The molecule has 0 bridgehead atoms. The van der Waals surface area contributed by atoms with E-state index >= 15 is 0 Å². The van der Waals surface area contributed by atoms with Crippen molar-refractivity contribution < 1.29 is 9.59 Å². The highest BCUT2D eigenvalue weighted by Crippen LogP contribution is 2.26. The number of pyridine rings is 1. The first-order valence-electron chi connectivity index (χ1n) is 9.13. The van der Waals surface area contributed by atoms with Crippen LogP contribution in [0.25, 0.3) is 10.2 Å². The number of aryl methyl sites for hydroxylation is 1. The number of aromatic nitrogens is 2. The number of piperidine rings is 1. The molecule has 6 nitrogen and oxygen atoms in total. The van der Waals surface area contributed by atoms with Gasteiger partial charge in [-0.05, 0) is 42.5 Å². The molecule has 140 valence electrons. The van der Waals surface area contributed by atoms with Crippen molar-refractivity contribution in [2.75, 3.05) is 13.1 Å². The Morgan fingerprint density at radius 3 is 2.78 bits per heavy atom. The normalized spacial score (nSPS) is 15.2. The van der Waals surface area contributed by atoms with E-state index in [9.17, 15) is 9.59 Å². The lowest BCUT2D eigenvalue weighted by Crippen LogP contribution is -2.43. The SMILES string of the molecule is Cn1c(C(=O)N2CCC(C(=O)NCc3ccccn3)CC2)cc2sccc21. The minimum absolute atomic E-state index is 0.0466. The van der Waals surface area contributed by atoms with E-state index in [1.54, 1.807) is 17.5 Å². The average Bonchev–Trinajstić information content (AvgIpc) is 3.29. The van der Waals surface area contributed by atoms with Crippen molar-refractivity contribution in [3.63, 3.8) is 0 Å². The molecule has 4 rings (SSSR count). The number of nitrogens with zero attached hydrogens (tertiary/aromatic N) is 3. The van der Waals surface area contributed by atoms with Gasteiger partial charge in [-0.15, -0.1) is 11.3 Å². The molecular formula is C20H22N4O2S. The Morgan fingerprint density at radius 2 is 2.07 bits per heavy atom. The third-order valence-electron chi connectivity index (χ3n) is 5.21. The Balaban J connectivity index is 1.33. The Labute approximate surface area is 161 Å². The van der Waals surface area contributed by atoms with Crippen molar-refractivity contribution in [2.45, 2.75) is 19.4 Å². The summed E-state index contributed by atoms with van der Waals surface area (Å²) in [6, 6.07) is 9.66. The number of rotatable bonds is 4. The molecule has 1 aliphatic heterocycles. The lowest BCUT2D eigenvalue weighted by molar-refractivity contribution is -0.126. The smallest absolute Gasteiger partial charge is 0.270 e. The summed E-state index contributed by atoms with van der Waals surface area (Å²) in [4.78, 5) is 31.4. The predicted octanol–water partition coefficient (Wildman–Crippen LogP) is 2.80. The largest absolute Gasteiger partial charge is 0.350 e. The lowest BCUT2D eigenvalue weighted by Gasteiger charge is -2.31. The molecule has 1 N–H and O–H groups in total. The molecule has 3 aromatic heterocycles. The van der Waals surface area contributed by atoms with Crippen molar-refractivity contribution in [1.82, 2.24) is 19.8 Å². The fraction of sp³-hybridized carbons (Fsp3) is 0.350. The van der Waals surface area contributed by atoms with Gasteiger partial charge in [-0.2, -0.15) is 0 Å². The van der Waals surface area contributed by atoms with Crippen molar-refractivity contribution >= 4 is 33.4 Å². The van der Waals surface area contributed by atoms with Gasteiger partial charge in [0, 0.05) is 32.3 Å². The number of thiophene rings is 1. The third kappa shape index (κ3) is 3.60. The van der Waals surface area contributed by atoms with Crippen LogP contribution in [0, 0.1) is 5.92 Å². The number of nitrogens with one attached hydrogen (secondary N) is 1. The molecule has 0 radical (unpaired) electrons. The Morgan fingerprint density at radius 1 is 1.26 bits per heavy atom. The monoisotopic (exact) mass is 382 g/mol. The summed E-state index contributed by atoms with van der Waals surface area (Å²) in [5.74, 6) is 0.0510. The van der Waals surface area contributed by atoms with Crippen LogP contribution in [0.1, 0.15) is 29.0 Å². The van der Waals surface area contributed by atoms with E-state index in [0.29, 0.717) is 32.5 Å².